The third-order valence-corrected chi connectivity index (χ3v) is 5.27. The summed E-state index contributed by atoms with van der Waals surface area (Å²) in [7, 11) is 0. The number of allylic oxidation sites excluding steroid dienone is 1. The molecule has 2 aliphatic rings. The second kappa shape index (κ2) is 8.70. The summed E-state index contributed by atoms with van der Waals surface area (Å²) in [4.78, 5) is 14.9. The number of hydrogen-bond donors (Lipinski definition) is 0. The van der Waals surface area contributed by atoms with E-state index in [0.717, 1.165) is 61.0 Å². The van der Waals surface area contributed by atoms with Crippen molar-refractivity contribution in [1.82, 2.24) is 0 Å². The molecule has 0 N–H and O–H groups in total. The highest BCUT2D eigenvalue weighted by Crippen LogP contribution is 2.35. The Bertz CT molecular complexity index is 898. The maximum atomic E-state index is 12.7. The molecule has 1 atom stereocenters. The summed E-state index contributed by atoms with van der Waals surface area (Å²) < 4.78 is 17.0. The van der Waals surface area contributed by atoms with Gasteiger partial charge in [0, 0.05) is 41.9 Å². The predicted molar refractivity (Wildman–Crippen MR) is 114 cm³/mol. The summed E-state index contributed by atoms with van der Waals surface area (Å²) in [5, 5.41) is 0. The van der Waals surface area contributed by atoms with Crippen molar-refractivity contribution in [1.29, 1.82) is 0 Å². The molecule has 2 aliphatic heterocycles. The van der Waals surface area contributed by atoms with Gasteiger partial charge in [0.1, 0.15) is 17.6 Å². The summed E-state index contributed by atoms with van der Waals surface area (Å²) in [5.41, 5.74) is 3.81. The minimum absolute atomic E-state index is 0.0317. The molecular formula is C24H27NO4. The molecule has 29 heavy (non-hydrogen) atoms. The number of carbonyl (C=O) groups excluding carboxylic acids is 1. The van der Waals surface area contributed by atoms with Crippen molar-refractivity contribution in [2.24, 2.45) is 0 Å². The molecule has 0 amide bonds. The monoisotopic (exact) mass is 393 g/mol. The van der Waals surface area contributed by atoms with E-state index in [1.807, 2.05) is 49.4 Å². The highest BCUT2D eigenvalue weighted by atomic mass is 16.5. The fraction of sp³-hybridized carbons (Fsp3) is 0.375. The molecule has 5 heteroatoms. The van der Waals surface area contributed by atoms with E-state index in [1.165, 1.54) is 0 Å². The van der Waals surface area contributed by atoms with Crippen LogP contribution in [0.1, 0.15) is 35.3 Å². The molecule has 1 fully saturated rings. The standard InChI is InChI=1S/C24H27NO4/c1-3-28-23-16-20-14-17(2)29-24(20)15-19(23)6-9-22(26)18-4-7-21(8-5-18)25-10-12-27-13-11-25/h4-9,15-17H,3,10-14H2,1-2H3/b9-6+/t17-/m0/s1. The molecule has 0 spiro atoms. The number of fused-ring (bicyclic) bond motifs is 1. The summed E-state index contributed by atoms with van der Waals surface area (Å²) in [6, 6.07) is 11.8. The molecule has 152 valence electrons. The number of rotatable bonds is 6. The van der Waals surface area contributed by atoms with Crippen LogP contribution in [0, 0.1) is 0 Å². The number of ether oxygens (including phenoxy) is 3. The molecule has 4 rings (SSSR count). The molecular weight excluding hydrogens is 366 g/mol. The zero-order valence-electron chi connectivity index (χ0n) is 17.0. The van der Waals surface area contributed by atoms with Crippen LogP contribution in [-0.2, 0) is 11.2 Å². The topological polar surface area (TPSA) is 48.0 Å². The van der Waals surface area contributed by atoms with E-state index in [1.54, 1.807) is 6.08 Å². The van der Waals surface area contributed by atoms with Crippen LogP contribution in [0.15, 0.2) is 42.5 Å². The van der Waals surface area contributed by atoms with Crippen molar-refractivity contribution in [3.8, 4) is 11.5 Å². The Hall–Kier alpha value is -2.79. The van der Waals surface area contributed by atoms with Gasteiger partial charge in [-0.05, 0) is 62.4 Å². The highest BCUT2D eigenvalue weighted by molar-refractivity contribution is 6.07. The van der Waals surface area contributed by atoms with Crippen molar-refractivity contribution in [2.75, 3.05) is 37.8 Å². The summed E-state index contributed by atoms with van der Waals surface area (Å²) in [6.07, 6.45) is 4.47. The lowest BCUT2D eigenvalue weighted by Crippen LogP contribution is -2.36. The third-order valence-electron chi connectivity index (χ3n) is 5.27. The van der Waals surface area contributed by atoms with E-state index in [4.69, 9.17) is 14.2 Å². The van der Waals surface area contributed by atoms with Crippen LogP contribution in [0.4, 0.5) is 5.69 Å². The van der Waals surface area contributed by atoms with Gasteiger partial charge in [0.25, 0.3) is 0 Å². The van der Waals surface area contributed by atoms with Gasteiger partial charge in [0.15, 0.2) is 5.78 Å². The van der Waals surface area contributed by atoms with E-state index in [2.05, 4.69) is 11.8 Å². The van der Waals surface area contributed by atoms with Crippen LogP contribution < -0.4 is 14.4 Å². The Kier molecular flexibility index (Phi) is 5.86. The molecule has 0 radical (unpaired) electrons. The molecule has 2 aromatic rings. The third kappa shape index (κ3) is 4.46. The molecule has 0 aromatic heterocycles. The van der Waals surface area contributed by atoms with E-state index < -0.39 is 0 Å². The number of hydrogen-bond acceptors (Lipinski definition) is 5. The van der Waals surface area contributed by atoms with Crippen LogP contribution in [0.2, 0.25) is 0 Å². The van der Waals surface area contributed by atoms with Gasteiger partial charge in [-0.1, -0.05) is 0 Å². The first-order valence-corrected chi connectivity index (χ1v) is 10.3. The Labute approximate surface area is 171 Å². The fourth-order valence-electron chi connectivity index (χ4n) is 3.79. The number of anilines is 1. The van der Waals surface area contributed by atoms with Gasteiger partial charge in [-0.3, -0.25) is 4.79 Å². The number of benzene rings is 2. The van der Waals surface area contributed by atoms with Crippen LogP contribution in [0.25, 0.3) is 6.08 Å². The first kappa shape index (κ1) is 19.5. The average Bonchev–Trinajstić information content (AvgIpc) is 3.11. The highest BCUT2D eigenvalue weighted by Gasteiger charge is 2.21. The first-order chi connectivity index (χ1) is 14.1. The minimum atomic E-state index is -0.0317. The Morgan fingerprint density at radius 3 is 2.69 bits per heavy atom. The van der Waals surface area contributed by atoms with Gasteiger partial charge >= 0.3 is 0 Å². The smallest absolute Gasteiger partial charge is 0.185 e. The summed E-state index contributed by atoms with van der Waals surface area (Å²) in [5.74, 6) is 1.63. The zero-order valence-corrected chi connectivity index (χ0v) is 17.0. The lowest BCUT2D eigenvalue weighted by atomic mass is 10.0. The van der Waals surface area contributed by atoms with E-state index >= 15 is 0 Å². The minimum Gasteiger partial charge on any atom is -0.493 e. The fourth-order valence-corrected chi connectivity index (χ4v) is 3.79. The van der Waals surface area contributed by atoms with Crippen molar-refractivity contribution < 1.29 is 19.0 Å². The van der Waals surface area contributed by atoms with Crippen molar-refractivity contribution in [3.63, 3.8) is 0 Å². The van der Waals surface area contributed by atoms with Crippen LogP contribution in [0.5, 0.6) is 11.5 Å². The predicted octanol–water partition coefficient (Wildman–Crippen LogP) is 4.14. The first-order valence-electron chi connectivity index (χ1n) is 10.3. The van der Waals surface area contributed by atoms with Gasteiger partial charge < -0.3 is 19.1 Å². The SMILES string of the molecule is CCOc1cc2c(cc1/C=C/C(=O)c1ccc(N3CCOCC3)cc1)O[C@@H](C)C2. The number of nitrogens with zero attached hydrogens (tertiary/aromatic N) is 1. The van der Waals surface area contributed by atoms with Crippen LogP contribution >= 0.6 is 0 Å². The zero-order chi connectivity index (χ0) is 20.2. The van der Waals surface area contributed by atoms with Crippen LogP contribution in [0.3, 0.4) is 0 Å². The maximum Gasteiger partial charge on any atom is 0.185 e. The lowest BCUT2D eigenvalue weighted by molar-refractivity contribution is 0.104. The maximum absolute atomic E-state index is 12.7. The van der Waals surface area contributed by atoms with Crippen molar-refractivity contribution in [3.05, 3.63) is 59.2 Å². The second-order valence-corrected chi connectivity index (χ2v) is 7.41. The number of ketones is 1. The van der Waals surface area contributed by atoms with Gasteiger partial charge in [-0.25, -0.2) is 0 Å². The Morgan fingerprint density at radius 2 is 1.97 bits per heavy atom. The van der Waals surface area contributed by atoms with Gasteiger partial charge in [-0.2, -0.15) is 0 Å². The van der Waals surface area contributed by atoms with Crippen molar-refractivity contribution in [2.45, 2.75) is 26.4 Å². The summed E-state index contributed by atoms with van der Waals surface area (Å²) in [6.45, 7) is 7.84. The molecule has 5 nitrogen and oxygen atoms in total. The lowest BCUT2D eigenvalue weighted by Gasteiger charge is -2.28. The van der Waals surface area contributed by atoms with E-state index in [0.29, 0.717) is 12.2 Å². The second-order valence-electron chi connectivity index (χ2n) is 7.41. The molecule has 1 saturated heterocycles. The molecule has 0 aliphatic carbocycles. The normalized spacial score (nSPS) is 18.6. The van der Waals surface area contributed by atoms with E-state index in [9.17, 15) is 4.79 Å². The largest absolute Gasteiger partial charge is 0.493 e. The van der Waals surface area contributed by atoms with Gasteiger partial charge in [-0.15, -0.1) is 0 Å². The van der Waals surface area contributed by atoms with E-state index in [-0.39, 0.29) is 11.9 Å². The van der Waals surface area contributed by atoms with Crippen molar-refractivity contribution >= 4 is 17.5 Å². The van der Waals surface area contributed by atoms with Gasteiger partial charge in [0.05, 0.1) is 19.8 Å². The molecule has 2 heterocycles. The summed E-state index contributed by atoms with van der Waals surface area (Å²) >= 11 is 0. The van der Waals surface area contributed by atoms with Gasteiger partial charge in [0.2, 0.25) is 0 Å². The number of carbonyl (C=O) groups is 1. The molecule has 2 aromatic carbocycles. The Balaban J connectivity index is 1.50. The quantitative estimate of drug-likeness (QED) is 0.545. The number of morpholine rings is 1. The molecule has 0 saturated carbocycles. The van der Waals surface area contributed by atoms with Crippen LogP contribution in [-0.4, -0.2) is 44.8 Å². The Morgan fingerprint density at radius 1 is 1.21 bits per heavy atom. The molecule has 0 unspecified atom stereocenters. The molecule has 0 bridgehead atoms. The average molecular weight is 393 g/mol.